The number of aliphatic hydroxyl groups excluding tert-OH is 1. The lowest BCUT2D eigenvalue weighted by Gasteiger charge is -2.35. The Bertz CT molecular complexity index is 551. The highest BCUT2D eigenvalue weighted by molar-refractivity contribution is 5.13. The van der Waals surface area contributed by atoms with Gasteiger partial charge < -0.3 is 14.9 Å². The zero-order valence-electron chi connectivity index (χ0n) is 14.5. The Morgan fingerprint density at radius 3 is 2.64 bits per heavy atom. The summed E-state index contributed by atoms with van der Waals surface area (Å²) >= 11 is 0. The molecular weight excluding hydrogens is 326 g/mol. The van der Waals surface area contributed by atoms with Gasteiger partial charge in [0.15, 0.2) is 0 Å². The molecule has 1 unspecified atom stereocenters. The largest absolute Gasteiger partial charge is 0.396 e. The summed E-state index contributed by atoms with van der Waals surface area (Å²) in [5.41, 5.74) is 0.0564. The lowest BCUT2D eigenvalue weighted by molar-refractivity contribution is -0.0795. The van der Waals surface area contributed by atoms with E-state index < -0.39 is 11.5 Å². The molecule has 2 N–H and O–H groups in total. The molecule has 0 saturated heterocycles. The second kappa shape index (κ2) is 7.68. The van der Waals surface area contributed by atoms with Crippen LogP contribution in [-0.2, 0) is 11.3 Å². The first-order chi connectivity index (χ1) is 11.9. The van der Waals surface area contributed by atoms with E-state index in [0.717, 1.165) is 5.56 Å². The van der Waals surface area contributed by atoms with E-state index in [9.17, 15) is 13.9 Å². The highest BCUT2D eigenvalue weighted by atomic mass is 19.3. The summed E-state index contributed by atoms with van der Waals surface area (Å²) in [6, 6.07) is 9.81. The lowest BCUT2D eigenvalue weighted by atomic mass is 9.75. The van der Waals surface area contributed by atoms with Crippen LogP contribution in [0.5, 0.6) is 0 Å². The van der Waals surface area contributed by atoms with Gasteiger partial charge in [-0.1, -0.05) is 30.3 Å². The van der Waals surface area contributed by atoms with E-state index in [2.05, 4.69) is 0 Å². The van der Waals surface area contributed by atoms with E-state index in [1.807, 2.05) is 30.3 Å². The molecule has 5 heteroatoms. The van der Waals surface area contributed by atoms with Crippen molar-refractivity contribution in [1.29, 1.82) is 0 Å². The molecule has 2 saturated carbocycles. The molecule has 0 heterocycles. The van der Waals surface area contributed by atoms with Crippen molar-refractivity contribution in [3.05, 3.63) is 35.9 Å². The minimum Gasteiger partial charge on any atom is -0.396 e. The zero-order valence-corrected chi connectivity index (χ0v) is 14.5. The van der Waals surface area contributed by atoms with E-state index in [-0.39, 0.29) is 37.2 Å². The molecule has 0 aromatic heterocycles. The fraction of sp³-hybridized carbons (Fsp3) is 0.700. The van der Waals surface area contributed by atoms with Crippen LogP contribution in [0.3, 0.4) is 0 Å². The monoisotopic (exact) mass is 354 g/mol. The Hall–Kier alpha value is -1.04. The quantitative estimate of drug-likeness (QED) is 0.783. The average Bonchev–Trinajstić information content (AvgIpc) is 2.84. The molecule has 2 fully saturated rings. The molecule has 3 rings (SSSR count). The van der Waals surface area contributed by atoms with Crippen LogP contribution >= 0.6 is 0 Å². The van der Waals surface area contributed by atoms with Gasteiger partial charge in [0.2, 0.25) is 5.92 Å². The summed E-state index contributed by atoms with van der Waals surface area (Å²) in [5, 5.41) is 20.3. The van der Waals surface area contributed by atoms with Crippen molar-refractivity contribution in [3.8, 4) is 0 Å². The third-order valence-corrected chi connectivity index (χ3v) is 6.01. The molecule has 2 aliphatic rings. The number of hydrogen-bond acceptors (Lipinski definition) is 3. The summed E-state index contributed by atoms with van der Waals surface area (Å²) in [7, 11) is 0. The van der Waals surface area contributed by atoms with Crippen molar-refractivity contribution in [2.24, 2.45) is 17.8 Å². The van der Waals surface area contributed by atoms with Crippen LogP contribution in [-0.4, -0.2) is 35.0 Å². The minimum absolute atomic E-state index is 0.00535. The molecule has 140 valence electrons. The van der Waals surface area contributed by atoms with E-state index in [1.165, 1.54) is 0 Å². The van der Waals surface area contributed by atoms with Crippen molar-refractivity contribution in [2.75, 3.05) is 13.2 Å². The maximum atomic E-state index is 13.8. The second-order valence-corrected chi connectivity index (χ2v) is 7.76. The summed E-state index contributed by atoms with van der Waals surface area (Å²) in [6.07, 6.45) is 1.54. The molecule has 0 aliphatic heterocycles. The van der Waals surface area contributed by atoms with E-state index in [0.29, 0.717) is 38.9 Å². The van der Waals surface area contributed by atoms with E-state index in [1.54, 1.807) is 0 Å². The number of benzene rings is 1. The van der Waals surface area contributed by atoms with Gasteiger partial charge in [-0.3, -0.25) is 0 Å². The molecular formula is C20H28F2O3. The van der Waals surface area contributed by atoms with Crippen molar-refractivity contribution in [3.63, 3.8) is 0 Å². The van der Waals surface area contributed by atoms with Crippen molar-refractivity contribution in [1.82, 2.24) is 0 Å². The van der Waals surface area contributed by atoms with Crippen LogP contribution in [0.2, 0.25) is 0 Å². The average molecular weight is 354 g/mol. The first-order valence-electron chi connectivity index (χ1n) is 9.26. The molecule has 4 atom stereocenters. The highest BCUT2D eigenvalue weighted by Gasteiger charge is 2.56. The topological polar surface area (TPSA) is 49.7 Å². The number of alkyl halides is 2. The normalized spacial score (nSPS) is 34.0. The summed E-state index contributed by atoms with van der Waals surface area (Å²) in [5.74, 6) is -2.82. The lowest BCUT2D eigenvalue weighted by Crippen LogP contribution is -2.39. The second-order valence-electron chi connectivity index (χ2n) is 7.76. The van der Waals surface area contributed by atoms with E-state index >= 15 is 0 Å². The molecule has 0 spiro atoms. The Morgan fingerprint density at radius 2 is 1.92 bits per heavy atom. The molecule has 2 aliphatic carbocycles. The summed E-state index contributed by atoms with van der Waals surface area (Å²) in [4.78, 5) is 0. The smallest absolute Gasteiger partial charge is 0.248 e. The first-order valence-corrected chi connectivity index (χ1v) is 9.26. The Morgan fingerprint density at radius 1 is 1.16 bits per heavy atom. The standard InChI is InChI=1S/C20H28F2O3/c21-20(22)9-7-17-16(12-20)11-19(24,8-4-10-23)18(17)14-25-13-15-5-2-1-3-6-15/h1-3,5-6,16-18,23-24H,4,7-14H2/t16-,17-,18-,19?/m1/s1. The Kier molecular flexibility index (Phi) is 5.76. The van der Waals surface area contributed by atoms with Crippen molar-refractivity contribution in [2.45, 2.75) is 56.7 Å². The number of fused-ring (bicyclic) bond motifs is 1. The number of ether oxygens (including phenoxy) is 1. The van der Waals surface area contributed by atoms with Crippen LogP contribution in [0.1, 0.15) is 44.1 Å². The van der Waals surface area contributed by atoms with Gasteiger partial charge in [-0.15, -0.1) is 0 Å². The van der Waals surface area contributed by atoms with Crippen LogP contribution < -0.4 is 0 Å². The van der Waals surface area contributed by atoms with E-state index in [4.69, 9.17) is 9.84 Å². The number of halogens is 2. The SMILES string of the molecule is OCCCC1(O)C[C@@H]2CC(F)(F)CC[C@H]2[C@H]1COCc1ccccc1. The van der Waals surface area contributed by atoms with Gasteiger partial charge >= 0.3 is 0 Å². The number of rotatable bonds is 7. The highest BCUT2D eigenvalue weighted by Crippen LogP contribution is 2.55. The van der Waals surface area contributed by atoms with Crippen molar-refractivity contribution >= 4 is 0 Å². The predicted octanol–water partition coefficient (Wildman–Crippen LogP) is 3.78. The molecule has 3 nitrogen and oxygen atoms in total. The molecule has 1 aromatic carbocycles. The minimum atomic E-state index is -2.61. The maximum Gasteiger partial charge on any atom is 0.248 e. The molecule has 0 bridgehead atoms. The van der Waals surface area contributed by atoms with Gasteiger partial charge in [-0.2, -0.15) is 0 Å². The van der Waals surface area contributed by atoms with Gasteiger partial charge in [0.25, 0.3) is 0 Å². The summed E-state index contributed by atoms with van der Waals surface area (Å²) < 4.78 is 33.5. The van der Waals surface area contributed by atoms with Crippen LogP contribution in [0.25, 0.3) is 0 Å². The number of aliphatic hydroxyl groups is 2. The fourth-order valence-electron chi connectivity index (χ4n) is 4.84. The Labute approximate surface area is 148 Å². The molecule has 0 radical (unpaired) electrons. The molecule has 0 amide bonds. The third-order valence-electron chi connectivity index (χ3n) is 6.01. The van der Waals surface area contributed by atoms with Crippen molar-refractivity contribution < 1.29 is 23.7 Å². The molecule has 1 aromatic rings. The van der Waals surface area contributed by atoms with Crippen LogP contribution in [0.15, 0.2) is 30.3 Å². The van der Waals surface area contributed by atoms with Gasteiger partial charge in [0.1, 0.15) is 0 Å². The Balaban J connectivity index is 1.66. The molecule has 25 heavy (non-hydrogen) atoms. The van der Waals surface area contributed by atoms with Gasteiger partial charge in [-0.25, -0.2) is 8.78 Å². The third kappa shape index (κ3) is 4.39. The van der Waals surface area contributed by atoms with Gasteiger partial charge in [0, 0.05) is 25.4 Å². The number of hydrogen-bond donors (Lipinski definition) is 2. The maximum absolute atomic E-state index is 13.8. The predicted molar refractivity (Wildman–Crippen MR) is 91.3 cm³/mol. The first kappa shape index (κ1) is 18.7. The van der Waals surface area contributed by atoms with Gasteiger partial charge in [-0.05, 0) is 43.1 Å². The summed E-state index contributed by atoms with van der Waals surface area (Å²) in [6.45, 7) is 0.843. The fourth-order valence-corrected chi connectivity index (χ4v) is 4.84. The van der Waals surface area contributed by atoms with Gasteiger partial charge in [0.05, 0.1) is 18.8 Å². The van der Waals surface area contributed by atoms with Crippen LogP contribution in [0, 0.1) is 17.8 Å². The van der Waals surface area contributed by atoms with Crippen LogP contribution in [0.4, 0.5) is 8.78 Å². The zero-order chi connectivity index (χ0) is 17.9.